The zero-order chi connectivity index (χ0) is 9.68. The maximum absolute atomic E-state index is 5.82. The van der Waals surface area contributed by atoms with Crippen LogP contribution in [0.2, 0.25) is 0 Å². The van der Waals surface area contributed by atoms with Crippen molar-refractivity contribution in [3.05, 3.63) is 0 Å². The van der Waals surface area contributed by atoms with Gasteiger partial charge in [0.25, 0.3) is 0 Å². The lowest BCUT2D eigenvalue weighted by atomic mass is 9.89. The fraction of sp³-hybridized carbons (Fsp3) is 1.00. The van der Waals surface area contributed by atoms with Crippen LogP contribution in [0.4, 0.5) is 0 Å². The molecule has 0 aliphatic heterocycles. The van der Waals surface area contributed by atoms with Gasteiger partial charge in [0.2, 0.25) is 0 Å². The van der Waals surface area contributed by atoms with Gasteiger partial charge in [-0.3, -0.25) is 0 Å². The molecule has 1 saturated carbocycles. The zero-order valence-corrected chi connectivity index (χ0v) is 10.3. The van der Waals surface area contributed by atoms with E-state index in [1.54, 1.807) is 0 Å². The summed E-state index contributed by atoms with van der Waals surface area (Å²) in [7, 11) is 0. The molecule has 1 fully saturated rings. The van der Waals surface area contributed by atoms with Crippen LogP contribution < -0.4 is 0 Å². The number of alkyl halides is 1. The summed E-state index contributed by atoms with van der Waals surface area (Å²) < 4.78 is 5.82. The quantitative estimate of drug-likeness (QED) is 0.691. The van der Waals surface area contributed by atoms with Gasteiger partial charge in [-0.25, -0.2) is 0 Å². The average Bonchev–Trinajstić information content (AvgIpc) is 2.15. The van der Waals surface area contributed by atoms with Crippen LogP contribution in [0.25, 0.3) is 0 Å². The van der Waals surface area contributed by atoms with Crippen molar-refractivity contribution in [2.24, 2.45) is 11.8 Å². The Morgan fingerprint density at radius 3 is 2.31 bits per heavy atom. The van der Waals surface area contributed by atoms with Crippen molar-refractivity contribution in [3.63, 3.8) is 0 Å². The SMILES string of the molecule is CC(C)COC1CCC(CBr)CC1. The Hall–Kier alpha value is 0.440. The lowest BCUT2D eigenvalue weighted by Crippen LogP contribution is -2.23. The molecule has 0 spiro atoms. The Morgan fingerprint density at radius 2 is 1.85 bits per heavy atom. The van der Waals surface area contributed by atoms with Gasteiger partial charge in [-0.15, -0.1) is 0 Å². The van der Waals surface area contributed by atoms with Crippen LogP contribution in [-0.2, 0) is 4.74 Å². The summed E-state index contributed by atoms with van der Waals surface area (Å²) in [5.74, 6) is 1.58. The van der Waals surface area contributed by atoms with Crippen molar-refractivity contribution in [2.45, 2.75) is 45.6 Å². The van der Waals surface area contributed by atoms with Crippen molar-refractivity contribution in [1.29, 1.82) is 0 Å². The molecule has 1 aliphatic carbocycles. The maximum Gasteiger partial charge on any atom is 0.0575 e. The van der Waals surface area contributed by atoms with Gasteiger partial charge in [-0.1, -0.05) is 29.8 Å². The van der Waals surface area contributed by atoms with E-state index in [-0.39, 0.29) is 0 Å². The molecule has 2 heteroatoms. The number of hydrogen-bond acceptors (Lipinski definition) is 1. The van der Waals surface area contributed by atoms with Gasteiger partial charge in [0.05, 0.1) is 6.10 Å². The van der Waals surface area contributed by atoms with E-state index in [2.05, 4.69) is 29.8 Å². The summed E-state index contributed by atoms with van der Waals surface area (Å²) in [6.07, 6.45) is 5.77. The first-order valence-electron chi connectivity index (χ1n) is 5.40. The van der Waals surface area contributed by atoms with Gasteiger partial charge >= 0.3 is 0 Å². The summed E-state index contributed by atoms with van der Waals surface area (Å²) >= 11 is 3.55. The molecule has 1 rings (SSSR count). The lowest BCUT2D eigenvalue weighted by molar-refractivity contribution is 0.00659. The first-order valence-corrected chi connectivity index (χ1v) is 6.52. The topological polar surface area (TPSA) is 9.23 Å². The second-order valence-corrected chi connectivity index (χ2v) is 5.17. The highest BCUT2D eigenvalue weighted by Crippen LogP contribution is 2.27. The minimum absolute atomic E-state index is 0.553. The molecule has 1 aliphatic rings. The van der Waals surface area contributed by atoms with Crippen molar-refractivity contribution < 1.29 is 4.74 Å². The van der Waals surface area contributed by atoms with E-state index in [0.29, 0.717) is 12.0 Å². The molecule has 0 N–H and O–H groups in total. The van der Waals surface area contributed by atoms with Crippen LogP contribution in [0, 0.1) is 11.8 Å². The van der Waals surface area contributed by atoms with Gasteiger partial charge in [-0.05, 0) is 37.5 Å². The summed E-state index contributed by atoms with van der Waals surface area (Å²) in [6, 6.07) is 0. The molecule has 0 unspecified atom stereocenters. The van der Waals surface area contributed by atoms with Crippen LogP contribution >= 0.6 is 15.9 Å². The Labute approximate surface area is 90.4 Å². The number of ether oxygens (including phenoxy) is 1. The molecule has 1 nitrogen and oxygen atoms in total. The van der Waals surface area contributed by atoms with E-state index in [1.807, 2.05) is 0 Å². The van der Waals surface area contributed by atoms with Crippen LogP contribution in [0.5, 0.6) is 0 Å². The number of rotatable bonds is 4. The third-order valence-corrected chi connectivity index (χ3v) is 3.59. The monoisotopic (exact) mass is 248 g/mol. The first-order chi connectivity index (χ1) is 6.22. The van der Waals surface area contributed by atoms with Gasteiger partial charge in [0.1, 0.15) is 0 Å². The molecule has 0 aromatic carbocycles. The Bertz CT molecular complexity index is 128. The smallest absolute Gasteiger partial charge is 0.0575 e. The van der Waals surface area contributed by atoms with E-state index >= 15 is 0 Å². The van der Waals surface area contributed by atoms with E-state index in [1.165, 1.54) is 31.0 Å². The van der Waals surface area contributed by atoms with Gasteiger partial charge in [-0.2, -0.15) is 0 Å². The third kappa shape index (κ3) is 4.46. The fourth-order valence-electron chi connectivity index (χ4n) is 1.78. The zero-order valence-electron chi connectivity index (χ0n) is 8.76. The van der Waals surface area contributed by atoms with E-state index in [4.69, 9.17) is 4.74 Å². The van der Waals surface area contributed by atoms with Crippen molar-refractivity contribution in [3.8, 4) is 0 Å². The van der Waals surface area contributed by atoms with Gasteiger partial charge in [0, 0.05) is 11.9 Å². The Morgan fingerprint density at radius 1 is 1.23 bits per heavy atom. The molecule has 13 heavy (non-hydrogen) atoms. The van der Waals surface area contributed by atoms with Crippen molar-refractivity contribution in [2.75, 3.05) is 11.9 Å². The highest BCUT2D eigenvalue weighted by Gasteiger charge is 2.20. The molecule has 0 saturated heterocycles. The summed E-state index contributed by atoms with van der Waals surface area (Å²) in [5.41, 5.74) is 0. The molecule has 78 valence electrons. The predicted molar refractivity (Wildman–Crippen MR) is 60.3 cm³/mol. The van der Waals surface area contributed by atoms with Crippen LogP contribution in [-0.4, -0.2) is 18.0 Å². The largest absolute Gasteiger partial charge is 0.378 e. The van der Waals surface area contributed by atoms with E-state index in [9.17, 15) is 0 Å². The fourth-order valence-corrected chi connectivity index (χ4v) is 2.43. The summed E-state index contributed by atoms with van der Waals surface area (Å²) in [6.45, 7) is 5.36. The molecule has 0 heterocycles. The predicted octanol–water partition coefficient (Wildman–Crippen LogP) is 3.61. The number of halogens is 1. The molecular weight excluding hydrogens is 228 g/mol. The Kier molecular flexibility index (Phi) is 5.34. The highest BCUT2D eigenvalue weighted by atomic mass is 79.9. The molecule has 0 aromatic rings. The standard InChI is InChI=1S/C11H21BrO/c1-9(2)8-13-11-5-3-10(7-12)4-6-11/h9-11H,3-8H2,1-2H3. The minimum Gasteiger partial charge on any atom is -0.378 e. The maximum atomic E-state index is 5.82. The molecular formula is C11H21BrO. The van der Waals surface area contributed by atoms with Gasteiger partial charge < -0.3 is 4.74 Å². The molecule has 0 bridgehead atoms. The summed E-state index contributed by atoms with van der Waals surface area (Å²) in [4.78, 5) is 0. The van der Waals surface area contributed by atoms with E-state index in [0.717, 1.165) is 12.5 Å². The van der Waals surface area contributed by atoms with Gasteiger partial charge in [0.15, 0.2) is 0 Å². The molecule has 0 aromatic heterocycles. The van der Waals surface area contributed by atoms with Crippen LogP contribution in [0.3, 0.4) is 0 Å². The Balaban J connectivity index is 2.10. The van der Waals surface area contributed by atoms with Crippen molar-refractivity contribution in [1.82, 2.24) is 0 Å². The average molecular weight is 249 g/mol. The highest BCUT2D eigenvalue weighted by molar-refractivity contribution is 9.09. The molecule has 0 amide bonds. The third-order valence-electron chi connectivity index (χ3n) is 2.68. The number of hydrogen-bond donors (Lipinski definition) is 0. The normalized spacial score (nSPS) is 29.5. The van der Waals surface area contributed by atoms with E-state index < -0.39 is 0 Å². The molecule has 0 radical (unpaired) electrons. The van der Waals surface area contributed by atoms with Crippen LogP contribution in [0.1, 0.15) is 39.5 Å². The van der Waals surface area contributed by atoms with Crippen molar-refractivity contribution >= 4 is 15.9 Å². The first kappa shape index (κ1) is 11.5. The summed E-state index contributed by atoms with van der Waals surface area (Å²) in [5, 5.41) is 1.17. The minimum atomic E-state index is 0.553. The second-order valence-electron chi connectivity index (χ2n) is 4.52. The van der Waals surface area contributed by atoms with Crippen LogP contribution in [0.15, 0.2) is 0 Å². The second kappa shape index (κ2) is 6.02. The lowest BCUT2D eigenvalue weighted by Gasteiger charge is -2.27. The molecule has 0 atom stereocenters.